The molecule has 0 aromatic carbocycles. The van der Waals surface area contributed by atoms with E-state index in [9.17, 15) is 0 Å². The molecule has 0 radical (unpaired) electrons. The van der Waals surface area contributed by atoms with Crippen LogP contribution in [0.25, 0.3) is 0 Å². The summed E-state index contributed by atoms with van der Waals surface area (Å²) >= 11 is 0. The molecule has 0 bridgehead atoms. The number of hydrogen-bond donors (Lipinski definition) is 1. The highest BCUT2D eigenvalue weighted by Gasteiger charge is 2.32. The van der Waals surface area contributed by atoms with Crippen LogP contribution >= 0.6 is 0 Å². The van der Waals surface area contributed by atoms with Crippen molar-refractivity contribution in [2.45, 2.75) is 31.8 Å². The van der Waals surface area contributed by atoms with Crippen molar-refractivity contribution < 1.29 is 0 Å². The summed E-state index contributed by atoms with van der Waals surface area (Å²) in [6.07, 6.45) is 8.25. The zero-order valence-corrected chi connectivity index (χ0v) is 10.6. The lowest BCUT2D eigenvalue weighted by atomic mass is 10.1. The molecule has 0 spiro atoms. The van der Waals surface area contributed by atoms with Gasteiger partial charge in [0.15, 0.2) is 0 Å². The van der Waals surface area contributed by atoms with Crippen molar-refractivity contribution in [1.29, 1.82) is 0 Å². The minimum Gasteiger partial charge on any atom is -0.312 e. The highest BCUT2D eigenvalue weighted by atomic mass is 15.2. The minimum absolute atomic E-state index is 0.731. The monoisotopic (exact) mass is 234 g/mol. The molecule has 17 heavy (non-hydrogen) atoms. The van der Waals surface area contributed by atoms with Crippen LogP contribution in [0.1, 0.15) is 24.8 Å². The first-order chi connectivity index (χ1) is 8.31. The van der Waals surface area contributed by atoms with E-state index in [-0.39, 0.29) is 0 Å². The molecule has 0 amide bonds. The zero-order valence-electron chi connectivity index (χ0n) is 10.6. The number of nitrogens with zero attached hydrogens (tertiary/aromatic N) is 3. The van der Waals surface area contributed by atoms with Crippen LogP contribution < -0.4 is 5.32 Å². The van der Waals surface area contributed by atoms with Gasteiger partial charge in [0, 0.05) is 37.9 Å². The van der Waals surface area contributed by atoms with Crippen molar-refractivity contribution in [3.63, 3.8) is 0 Å². The Balaban J connectivity index is 1.60. The summed E-state index contributed by atoms with van der Waals surface area (Å²) in [5, 5.41) is 7.95. The fourth-order valence-electron chi connectivity index (χ4n) is 2.79. The molecular formula is C13H22N4. The Hall–Kier alpha value is -0.870. The van der Waals surface area contributed by atoms with Gasteiger partial charge in [0.05, 0.1) is 6.20 Å². The molecule has 3 rings (SSSR count). The first-order valence-corrected chi connectivity index (χ1v) is 6.74. The summed E-state index contributed by atoms with van der Waals surface area (Å²) in [4.78, 5) is 2.58. The van der Waals surface area contributed by atoms with Gasteiger partial charge in [-0.3, -0.25) is 9.58 Å². The second kappa shape index (κ2) is 4.78. The minimum atomic E-state index is 0.731. The molecule has 2 heterocycles. The smallest absolute Gasteiger partial charge is 0.0534 e. The first kappa shape index (κ1) is 11.2. The molecule has 1 saturated heterocycles. The largest absolute Gasteiger partial charge is 0.312 e. The number of hydrogen-bond acceptors (Lipinski definition) is 3. The standard InChI is InChI=1S/C13H22N4/c1-16-8-11(7-15-16)9-17-6-2-5-14-13(10-17)12-3-4-12/h7-8,12-14H,2-6,9-10H2,1H3. The van der Waals surface area contributed by atoms with Gasteiger partial charge in [-0.15, -0.1) is 0 Å². The maximum atomic E-state index is 4.25. The summed E-state index contributed by atoms with van der Waals surface area (Å²) in [6.45, 7) is 4.66. The second-order valence-corrected chi connectivity index (χ2v) is 5.51. The average molecular weight is 234 g/mol. The number of nitrogens with one attached hydrogen (secondary N) is 1. The first-order valence-electron chi connectivity index (χ1n) is 6.74. The zero-order chi connectivity index (χ0) is 11.7. The van der Waals surface area contributed by atoms with Gasteiger partial charge in [-0.25, -0.2) is 0 Å². The Kier molecular flexibility index (Phi) is 3.16. The molecule has 1 saturated carbocycles. The van der Waals surface area contributed by atoms with Crippen LogP contribution in [-0.2, 0) is 13.6 Å². The number of aromatic nitrogens is 2. The third-order valence-corrected chi connectivity index (χ3v) is 3.87. The van der Waals surface area contributed by atoms with Gasteiger partial charge in [-0.05, 0) is 38.3 Å². The van der Waals surface area contributed by atoms with Crippen molar-refractivity contribution in [1.82, 2.24) is 20.0 Å². The summed E-state index contributed by atoms with van der Waals surface area (Å²) in [5.74, 6) is 0.949. The van der Waals surface area contributed by atoms with E-state index in [4.69, 9.17) is 0 Å². The highest BCUT2D eigenvalue weighted by Crippen LogP contribution is 2.33. The van der Waals surface area contributed by atoms with E-state index in [0.29, 0.717) is 0 Å². The Morgan fingerprint density at radius 1 is 1.47 bits per heavy atom. The van der Waals surface area contributed by atoms with Gasteiger partial charge >= 0.3 is 0 Å². The van der Waals surface area contributed by atoms with Crippen LogP contribution in [0.2, 0.25) is 0 Å². The molecule has 2 fully saturated rings. The third-order valence-electron chi connectivity index (χ3n) is 3.87. The lowest BCUT2D eigenvalue weighted by molar-refractivity contribution is 0.251. The normalized spacial score (nSPS) is 27.0. The molecule has 1 N–H and O–H groups in total. The highest BCUT2D eigenvalue weighted by molar-refractivity contribution is 5.04. The quantitative estimate of drug-likeness (QED) is 0.847. The fourth-order valence-corrected chi connectivity index (χ4v) is 2.79. The van der Waals surface area contributed by atoms with E-state index in [1.165, 1.54) is 44.5 Å². The topological polar surface area (TPSA) is 33.1 Å². The van der Waals surface area contributed by atoms with Crippen LogP contribution in [0.4, 0.5) is 0 Å². The predicted molar refractivity (Wildman–Crippen MR) is 67.6 cm³/mol. The Labute approximate surface area is 103 Å². The summed E-state index contributed by atoms with van der Waals surface area (Å²) in [5.41, 5.74) is 1.34. The van der Waals surface area contributed by atoms with Crippen molar-refractivity contribution in [3.8, 4) is 0 Å². The van der Waals surface area contributed by atoms with Crippen LogP contribution in [0.15, 0.2) is 12.4 Å². The fraction of sp³-hybridized carbons (Fsp3) is 0.769. The maximum Gasteiger partial charge on any atom is 0.0534 e. The molecule has 1 unspecified atom stereocenters. The lowest BCUT2D eigenvalue weighted by Crippen LogP contribution is -2.38. The van der Waals surface area contributed by atoms with E-state index < -0.39 is 0 Å². The van der Waals surface area contributed by atoms with E-state index in [1.807, 2.05) is 17.9 Å². The summed E-state index contributed by atoms with van der Waals surface area (Å²) in [7, 11) is 1.99. The van der Waals surface area contributed by atoms with Gasteiger partial charge in [-0.1, -0.05) is 0 Å². The Bertz CT molecular complexity index is 369. The molecule has 2 aliphatic rings. The third kappa shape index (κ3) is 2.87. The second-order valence-electron chi connectivity index (χ2n) is 5.51. The molecule has 1 aromatic heterocycles. The maximum absolute atomic E-state index is 4.25. The van der Waals surface area contributed by atoms with Crippen LogP contribution in [0, 0.1) is 5.92 Å². The molecule has 94 valence electrons. The van der Waals surface area contributed by atoms with Crippen LogP contribution in [0.5, 0.6) is 0 Å². The Morgan fingerprint density at radius 3 is 3.06 bits per heavy atom. The van der Waals surface area contributed by atoms with Crippen molar-refractivity contribution in [2.24, 2.45) is 13.0 Å². The molecular weight excluding hydrogens is 212 g/mol. The van der Waals surface area contributed by atoms with Crippen LogP contribution in [-0.4, -0.2) is 40.4 Å². The summed E-state index contributed by atoms with van der Waals surface area (Å²) in [6, 6.07) is 0.731. The van der Waals surface area contributed by atoms with Crippen molar-refractivity contribution >= 4 is 0 Å². The van der Waals surface area contributed by atoms with Gasteiger partial charge in [-0.2, -0.15) is 5.10 Å². The molecule has 1 aliphatic heterocycles. The van der Waals surface area contributed by atoms with Gasteiger partial charge in [0.2, 0.25) is 0 Å². The molecule has 1 aromatic rings. The van der Waals surface area contributed by atoms with E-state index in [0.717, 1.165) is 18.5 Å². The van der Waals surface area contributed by atoms with Crippen molar-refractivity contribution in [2.75, 3.05) is 19.6 Å². The number of rotatable bonds is 3. The predicted octanol–water partition coefficient (Wildman–Crippen LogP) is 0.994. The SMILES string of the molecule is Cn1cc(CN2CCCNC(C3CC3)C2)cn1. The lowest BCUT2D eigenvalue weighted by Gasteiger charge is -2.23. The molecule has 4 nitrogen and oxygen atoms in total. The average Bonchev–Trinajstić information content (AvgIpc) is 3.07. The molecule has 4 heteroatoms. The van der Waals surface area contributed by atoms with E-state index in [1.54, 1.807) is 0 Å². The van der Waals surface area contributed by atoms with Crippen LogP contribution in [0.3, 0.4) is 0 Å². The van der Waals surface area contributed by atoms with Crippen molar-refractivity contribution in [3.05, 3.63) is 18.0 Å². The molecule has 1 atom stereocenters. The number of aryl methyl sites for hydroxylation is 1. The summed E-state index contributed by atoms with van der Waals surface area (Å²) < 4.78 is 1.89. The van der Waals surface area contributed by atoms with E-state index >= 15 is 0 Å². The van der Waals surface area contributed by atoms with Gasteiger partial charge < -0.3 is 5.32 Å². The Morgan fingerprint density at radius 2 is 2.35 bits per heavy atom. The van der Waals surface area contributed by atoms with Gasteiger partial charge in [0.1, 0.15) is 0 Å². The molecule has 1 aliphatic carbocycles. The van der Waals surface area contributed by atoms with E-state index in [2.05, 4.69) is 21.5 Å². The van der Waals surface area contributed by atoms with Gasteiger partial charge in [0.25, 0.3) is 0 Å².